The summed E-state index contributed by atoms with van der Waals surface area (Å²) < 4.78 is 36.0. The second kappa shape index (κ2) is 6.27. The Morgan fingerprint density at radius 2 is 1.75 bits per heavy atom. The monoisotopic (exact) mass is 291 g/mol. The van der Waals surface area contributed by atoms with Crippen molar-refractivity contribution in [3.63, 3.8) is 0 Å². The number of alkyl halides is 3. The van der Waals surface area contributed by atoms with E-state index in [1.807, 2.05) is 0 Å². The van der Waals surface area contributed by atoms with Crippen molar-refractivity contribution in [2.24, 2.45) is 5.92 Å². The number of aliphatic carboxylic acids is 1. The zero-order valence-electron chi connectivity index (χ0n) is 10.1. The highest BCUT2D eigenvalue weighted by Gasteiger charge is 2.39. The van der Waals surface area contributed by atoms with Crippen LogP contribution in [-0.4, -0.2) is 34.8 Å². The summed E-state index contributed by atoms with van der Waals surface area (Å²) in [6.07, 6.45) is -5.10. The molecule has 0 aliphatic heterocycles. The number of amides is 1. The number of carboxylic acid groups (broad SMARTS) is 1. The fourth-order valence-corrected chi connectivity index (χ4v) is 1.48. The molecule has 0 saturated carbocycles. The van der Waals surface area contributed by atoms with E-state index < -0.39 is 30.5 Å². The van der Waals surface area contributed by atoms with Crippen molar-refractivity contribution < 1.29 is 33.0 Å². The molecule has 1 amide bonds. The van der Waals surface area contributed by atoms with Gasteiger partial charge in [0.25, 0.3) is 0 Å². The molecule has 1 aromatic rings. The van der Waals surface area contributed by atoms with Gasteiger partial charge in [-0.25, -0.2) is 0 Å². The average molecular weight is 291 g/mol. The van der Waals surface area contributed by atoms with E-state index in [0.717, 1.165) is 0 Å². The van der Waals surface area contributed by atoms with Gasteiger partial charge in [0.1, 0.15) is 5.75 Å². The molecule has 3 N–H and O–H groups in total. The lowest BCUT2D eigenvalue weighted by molar-refractivity contribution is -0.174. The van der Waals surface area contributed by atoms with Gasteiger partial charge in [0.2, 0.25) is 0 Å². The first kappa shape index (κ1) is 15.8. The number of carboxylic acids is 1. The molecule has 20 heavy (non-hydrogen) atoms. The van der Waals surface area contributed by atoms with Gasteiger partial charge in [0, 0.05) is 6.54 Å². The molecule has 0 heterocycles. The van der Waals surface area contributed by atoms with Gasteiger partial charge >= 0.3 is 18.1 Å². The van der Waals surface area contributed by atoms with E-state index in [-0.39, 0.29) is 12.2 Å². The lowest BCUT2D eigenvalue weighted by Gasteiger charge is -2.14. The van der Waals surface area contributed by atoms with E-state index in [1.54, 1.807) is 5.32 Å². The van der Waals surface area contributed by atoms with E-state index >= 15 is 0 Å². The number of benzene rings is 1. The second-order valence-electron chi connectivity index (χ2n) is 4.11. The summed E-state index contributed by atoms with van der Waals surface area (Å²) in [5, 5.41) is 19.5. The first-order valence-corrected chi connectivity index (χ1v) is 5.56. The predicted molar refractivity (Wildman–Crippen MR) is 62.0 cm³/mol. The van der Waals surface area contributed by atoms with Crippen molar-refractivity contribution in [2.45, 2.75) is 12.6 Å². The second-order valence-corrected chi connectivity index (χ2v) is 4.11. The third-order valence-electron chi connectivity index (χ3n) is 2.53. The number of hydrogen-bond acceptors (Lipinski definition) is 3. The Labute approximate surface area is 112 Å². The summed E-state index contributed by atoms with van der Waals surface area (Å²) in [7, 11) is 0. The molecule has 0 aliphatic rings. The fourth-order valence-electron chi connectivity index (χ4n) is 1.48. The highest BCUT2D eigenvalue weighted by atomic mass is 19.4. The first-order valence-electron chi connectivity index (χ1n) is 5.56. The highest BCUT2D eigenvalue weighted by Crippen LogP contribution is 2.16. The number of phenolic OH excluding ortho intramolecular Hbond substituents is 1. The van der Waals surface area contributed by atoms with Gasteiger partial charge in [-0.15, -0.1) is 0 Å². The standard InChI is InChI=1S/C12H12F3NO4/c13-12(14,15)11(20)16-6-8(10(18)19)5-7-1-3-9(17)4-2-7/h1-4,8,17H,5-6H2,(H,16,20)(H,18,19). The van der Waals surface area contributed by atoms with Crippen molar-refractivity contribution >= 4 is 11.9 Å². The van der Waals surface area contributed by atoms with Crippen LogP contribution in [-0.2, 0) is 16.0 Å². The van der Waals surface area contributed by atoms with E-state index in [4.69, 9.17) is 10.2 Å². The SMILES string of the molecule is O=C(O)C(CNC(=O)C(F)(F)F)Cc1ccc(O)cc1. The van der Waals surface area contributed by atoms with Crippen molar-refractivity contribution in [3.05, 3.63) is 29.8 Å². The van der Waals surface area contributed by atoms with Crippen LogP contribution in [0.4, 0.5) is 13.2 Å². The number of nitrogens with one attached hydrogen (secondary N) is 1. The largest absolute Gasteiger partial charge is 0.508 e. The molecule has 0 saturated heterocycles. The van der Waals surface area contributed by atoms with Crippen LogP contribution in [0.25, 0.3) is 0 Å². The Morgan fingerprint density at radius 3 is 2.20 bits per heavy atom. The Hall–Kier alpha value is -2.25. The van der Waals surface area contributed by atoms with Crippen molar-refractivity contribution in [1.29, 1.82) is 0 Å². The molecule has 0 aliphatic carbocycles. The molecular formula is C12H12F3NO4. The van der Waals surface area contributed by atoms with Gasteiger partial charge in [-0.1, -0.05) is 12.1 Å². The number of aromatic hydroxyl groups is 1. The van der Waals surface area contributed by atoms with Crippen molar-refractivity contribution in [3.8, 4) is 5.75 Å². The fraction of sp³-hybridized carbons (Fsp3) is 0.333. The van der Waals surface area contributed by atoms with Gasteiger partial charge in [-0.3, -0.25) is 9.59 Å². The number of hydrogen-bond donors (Lipinski definition) is 3. The molecular weight excluding hydrogens is 279 g/mol. The Bertz CT molecular complexity index is 484. The maximum atomic E-state index is 12.0. The number of phenols is 1. The summed E-state index contributed by atoms with van der Waals surface area (Å²) in [4.78, 5) is 21.6. The van der Waals surface area contributed by atoms with Crippen LogP contribution in [0.2, 0.25) is 0 Å². The van der Waals surface area contributed by atoms with E-state index in [0.29, 0.717) is 5.56 Å². The molecule has 0 aromatic heterocycles. The quantitative estimate of drug-likeness (QED) is 0.763. The van der Waals surface area contributed by atoms with Crippen LogP contribution in [0.1, 0.15) is 5.56 Å². The van der Waals surface area contributed by atoms with Gasteiger partial charge in [0.15, 0.2) is 0 Å². The lowest BCUT2D eigenvalue weighted by Crippen LogP contribution is -2.41. The topological polar surface area (TPSA) is 86.6 Å². The molecule has 8 heteroatoms. The van der Waals surface area contributed by atoms with Crippen LogP contribution in [0.3, 0.4) is 0 Å². The summed E-state index contributed by atoms with van der Waals surface area (Å²) >= 11 is 0. The van der Waals surface area contributed by atoms with Crippen molar-refractivity contribution in [2.75, 3.05) is 6.54 Å². The molecule has 0 radical (unpaired) electrons. The molecule has 1 unspecified atom stereocenters. The molecule has 1 rings (SSSR count). The Balaban J connectivity index is 2.64. The summed E-state index contributed by atoms with van der Waals surface area (Å²) in [5.41, 5.74) is 0.524. The van der Waals surface area contributed by atoms with Gasteiger partial charge in [-0.05, 0) is 24.1 Å². The first-order chi connectivity index (χ1) is 9.20. The summed E-state index contributed by atoms with van der Waals surface area (Å²) in [6, 6.07) is 5.58. The van der Waals surface area contributed by atoms with Gasteiger partial charge in [-0.2, -0.15) is 13.2 Å². The minimum atomic E-state index is -5.04. The maximum absolute atomic E-state index is 12.0. The molecule has 5 nitrogen and oxygen atoms in total. The van der Waals surface area contributed by atoms with Gasteiger partial charge in [0.05, 0.1) is 5.92 Å². The average Bonchev–Trinajstić information content (AvgIpc) is 2.34. The van der Waals surface area contributed by atoms with Crippen LogP contribution in [0.5, 0.6) is 5.75 Å². The lowest BCUT2D eigenvalue weighted by atomic mass is 9.99. The molecule has 0 bridgehead atoms. The third kappa shape index (κ3) is 4.79. The Morgan fingerprint density at radius 1 is 1.20 bits per heavy atom. The number of halogens is 3. The smallest absolute Gasteiger partial charge is 0.471 e. The van der Waals surface area contributed by atoms with Crippen LogP contribution >= 0.6 is 0 Å². The zero-order valence-corrected chi connectivity index (χ0v) is 10.1. The van der Waals surface area contributed by atoms with E-state index in [9.17, 15) is 22.8 Å². The number of rotatable bonds is 5. The van der Waals surface area contributed by atoms with Crippen LogP contribution < -0.4 is 5.32 Å². The normalized spacial score (nSPS) is 12.8. The summed E-state index contributed by atoms with van der Waals surface area (Å²) in [6.45, 7) is -0.630. The molecule has 110 valence electrons. The Kier molecular flexibility index (Phi) is 4.95. The van der Waals surface area contributed by atoms with Crippen LogP contribution in [0, 0.1) is 5.92 Å². The molecule has 1 aromatic carbocycles. The molecule has 0 spiro atoms. The molecule has 0 fully saturated rings. The number of carbonyl (C=O) groups excluding carboxylic acids is 1. The minimum Gasteiger partial charge on any atom is -0.508 e. The van der Waals surface area contributed by atoms with Crippen molar-refractivity contribution in [1.82, 2.24) is 5.32 Å². The zero-order chi connectivity index (χ0) is 15.3. The highest BCUT2D eigenvalue weighted by molar-refractivity contribution is 5.82. The van der Waals surface area contributed by atoms with Gasteiger partial charge < -0.3 is 15.5 Å². The number of carbonyl (C=O) groups is 2. The van der Waals surface area contributed by atoms with E-state index in [1.165, 1.54) is 24.3 Å². The summed E-state index contributed by atoms with van der Waals surface area (Å²) in [5.74, 6) is -4.69. The maximum Gasteiger partial charge on any atom is 0.471 e. The minimum absolute atomic E-state index is 0.00833. The van der Waals surface area contributed by atoms with E-state index in [2.05, 4.69) is 0 Å². The molecule has 1 atom stereocenters. The third-order valence-corrected chi connectivity index (χ3v) is 2.53. The predicted octanol–water partition coefficient (Wildman–Crippen LogP) is 1.31. The van der Waals surface area contributed by atoms with Crippen LogP contribution in [0.15, 0.2) is 24.3 Å².